The van der Waals surface area contributed by atoms with Gasteiger partial charge in [-0.2, -0.15) is 0 Å². The van der Waals surface area contributed by atoms with Gasteiger partial charge in [0, 0.05) is 24.0 Å². The van der Waals surface area contributed by atoms with E-state index in [1.807, 2.05) is 12.1 Å². The first-order valence-electron chi connectivity index (χ1n) is 7.93. The Balaban J connectivity index is 1.65. The van der Waals surface area contributed by atoms with Gasteiger partial charge in [-0.05, 0) is 17.2 Å². The molecule has 0 fully saturated rings. The quantitative estimate of drug-likeness (QED) is 0.663. The van der Waals surface area contributed by atoms with Crippen molar-refractivity contribution >= 4 is 28.7 Å². The van der Waals surface area contributed by atoms with E-state index in [0.29, 0.717) is 17.7 Å². The summed E-state index contributed by atoms with van der Waals surface area (Å²) < 4.78 is 13.9. The summed E-state index contributed by atoms with van der Waals surface area (Å²) in [6.45, 7) is 0.610. The molecule has 3 aromatic rings. The number of fused-ring (bicyclic) bond motifs is 2. The third kappa shape index (κ3) is 2.61. The molecule has 0 saturated carbocycles. The summed E-state index contributed by atoms with van der Waals surface area (Å²) in [5.74, 6) is -1.45. The van der Waals surface area contributed by atoms with E-state index >= 15 is 0 Å². The molecule has 2 heterocycles. The molecule has 0 atom stereocenters. The zero-order chi connectivity index (χ0) is 18.3. The van der Waals surface area contributed by atoms with E-state index in [1.165, 1.54) is 12.1 Å². The normalized spacial score (nSPS) is 12.7. The summed E-state index contributed by atoms with van der Waals surface area (Å²) in [7, 11) is 0. The highest BCUT2D eigenvalue weighted by atomic mass is 19.1. The minimum Gasteiger partial charge on any atom is -0.368 e. The number of benzene rings is 2. The summed E-state index contributed by atoms with van der Waals surface area (Å²) in [4.78, 5) is 32.4. The van der Waals surface area contributed by atoms with Crippen LogP contribution in [0.15, 0.2) is 36.4 Å². The molecule has 2 amide bonds. The molecule has 1 aliphatic heterocycles. The lowest BCUT2D eigenvalue weighted by molar-refractivity contribution is 0.0938. The van der Waals surface area contributed by atoms with E-state index in [2.05, 4.69) is 20.6 Å². The van der Waals surface area contributed by atoms with Crippen LogP contribution in [0, 0.1) is 5.82 Å². The number of hydrogen-bond donors (Lipinski definition) is 3. The van der Waals surface area contributed by atoms with Gasteiger partial charge in [0.2, 0.25) is 5.95 Å². The topological polar surface area (TPSA) is 110 Å². The average Bonchev–Trinajstić information content (AvgIpc) is 3.02. The summed E-state index contributed by atoms with van der Waals surface area (Å²) in [6.07, 6.45) is 0. The van der Waals surface area contributed by atoms with Gasteiger partial charge in [0.15, 0.2) is 0 Å². The van der Waals surface area contributed by atoms with Crippen molar-refractivity contribution in [2.24, 2.45) is 0 Å². The number of nitrogen functional groups attached to an aromatic ring is 1. The van der Waals surface area contributed by atoms with E-state index in [0.717, 1.165) is 5.56 Å². The van der Waals surface area contributed by atoms with Crippen LogP contribution < -0.4 is 16.4 Å². The molecule has 0 bridgehead atoms. The number of nitrogens with zero attached hydrogens (tertiary/aromatic N) is 2. The minimum atomic E-state index is -0.580. The van der Waals surface area contributed by atoms with Crippen LogP contribution >= 0.6 is 0 Å². The Labute approximate surface area is 147 Å². The zero-order valence-corrected chi connectivity index (χ0v) is 13.5. The van der Waals surface area contributed by atoms with Crippen LogP contribution in [0.3, 0.4) is 0 Å². The van der Waals surface area contributed by atoms with Crippen LogP contribution in [0.4, 0.5) is 10.3 Å². The van der Waals surface area contributed by atoms with Crippen molar-refractivity contribution in [1.29, 1.82) is 0 Å². The fourth-order valence-electron chi connectivity index (χ4n) is 3.07. The monoisotopic (exact) mass is 351 g/mol. The smallest absolute Gasteiger partial charge is 0.271 e. The summed E-state index contributed by atoms with van der Waals surface area (Å²) in [5.41, 5.74) is 7.75. The molecule has 0 unspecified atom stereocenters. The van der Waals surface area contributed by atoms with Crippen molar-refractivity contribution in [2.45, 2.75) is 13.1 Å². The summed E-state index contributed by atoms with van der Waals surface area (Å²) in [6, 6.07) is 9.73. The van der Waals surface area contributed by atoms with Crippen molar-refractivity contribution in [3.05, 3.63) is 64.6 Å². The Morgan fingerprint density at radius 2 is 2.04 bits per heavy atom. The van der Waals surface area contributed by atoms with E-state index in [9.17, 15) is 14.0 Å². The number of anilines is 1. The highest BCUT2D eigenvalue weighted by Crippen LogP contribution is 2.21. The van der Waals surface area contributed by atoms with Crippen LogP contribution in [0.1, 0.15) is 32.0 Å². The lowest BCUT2D eigenvalue weighted by Gasteiger charge is -2.10. The zero-order valence-electron chi connectivity index (χ0n) is 13.5. The van der Waals surface area contributed by atoms with Gasteiger partial charge < -0.3 is 16.4 Å². The Morgan fingerprint density at radius 3 is 2.88 bits per heavy atom. The molecule has 1 aromatic heterocycles. The number of nitrogens with two attached hydrogens (primary N) is 1. The maximum Gasteiger partial charge on any atom is 0.271 e. The largest absolute Gasteiger partial charge is 0.368 e. The molecular weight excluding hydrogens is 337 g/mol. The van der Waals surface area contributed by atoms with Crippen molar-refractivity contribution in [1.82, 2.24) is 20.6 Å². The Bertz CT molecular complexity index is 1070. The van der Waals surface area contributed by atoms with Gasteiger partial charge in [-0.25, -0.2) is 14.4 Å². The molecule has 7 nitrogen and oxygen atoms in total. The van der Waals surface area contributed by atoms with Crippen LogP contribution in [-0.4, -0.2) is 21.8 Å². The first kappa shape index (κ1) is 15.9. The van der Waals surface area contributed by atoms with Gasteiger partial charge >= 0.3 is 0 Å². The molecule has 0 radical (unpaired) electrons. The summed E-state index contributed by atoms with van der Waals surface area (Å²) in [5, 5.41) is 5.74. The molecule has 8 heteroatoms. The molecule has 0 saturated heterocycles. The van der Waals surface area contributed by atoms with Crippen molar-refractivity contribution in [3.63, 3.8) is 0 Å². The number of amides is 2. The van der Waals surface area contributed by atoms with Crippen LogP contribution in [0.5, 0.6) is 0 Å². The molecule has 130 valence electrons. The van der Waals surface area contributed by atoms with Crippen molar-refractivity contribution in [3.8, 4) is 0 Å². The number of nitrogens with one attached hydrogen (secondary N) is 2. The average molecular weight is 351 g/mol. The molecular formula is C18H14FN5O2. The lowest BCUT2D eigenvalue weighted by Crippen LogP contribution is -2.26. The Hall–Kier alpha value is -3.55. The fraction of sp³-hybridized carbons (Fsp3) is 0.111. The van der Waals surface area contributed by atoms with Crippen molar-refractivity contribution in [2.75, 3.05) is 5.73 Å². The first-order chi connectivity index (χ1) is 12.5. The number of rotatable bonds is 3. The number of hydrogen-bond acceptors (Lipinski definition) is 5. The molecule has 2 aromatic carbocycles. The van der Waals surface area contributed by atoms with Gasteiger partial charge in [-0.1, -0.05) is 30.3 Å². The molecule has 26 heavy (non-hydrogen) atoms. The second-order valence-electron chi connectivity index (χ2n) is 5.88. The van der Waals surface area contributed by atoms with Gasteiger partial charge in [0.25, 0.3) is 11.8 Å². The van der Waals surface area contributed by atoms with Gasteiger partial charge in [-0.3, -0.25) is 9.59 Å². The molecule has 4 N–H and O–H groups in total. The van der Waals surface area contributed by atoms with E-state index in [4.69, 9.17) is 5.73 Å². The SMILES string of the molecule is Nc1nc(C(=O)NCc2cccc3c2C(=O)NC3)c2cccc(F)c2n1. The Kier molecular flexibility index (Phi) is 3.72. The molecule has 0 aliphatic carbocycles. The predicted octanol–water partition coefficient (Wildman–Crippen LogP) is 1.52. The second kappa shape index (κ2) is 6.07. The maximum atomic E-state index is 13.9. The number of carbonyl (C=O) groups excluding carboxylic acids is 2. The van der Waals surface area contributed by atoms with Crippen LogP contribution in [-0.2, 0) is 13.1 Å². The third-order valence-corrected chi connectivity index (χ3v) is 4.25. The van der Waals surface area contributed by atoms with Crippen molar-refractivity contribution < 1.29 is 14.0 Å². The van der Waals surface area contributed by atoms with Gasteiger partial charge in [0.1, 0.15) is 17.0 Å². The molecule has 4 rings (SSSR count). The highest BCUT2D eigenvalue weighted by Gasteiger charge is 2.23. The predicted molar refractivity (Wildman–Crippen MR) is 92.7 cm³/mol. The van der Waals surface area contributed by atoms with E-state index in [-0.39, 0.29) is 35.0 Å². The van der Waals surface area contributed by atoms with E-state index in [1.54, 1.807) is 12.1 Å². The lowest BCUT2D eigenvalue weighted by atomic mass is 10.0. The van der Waals surface area contributed by atoms with Crippen LogP contribution in [0.2, 0.25) is 0 Å². The highest BCUT2D eigenvalue weighted by molar-refractivity contribution is 6.05. The van der Waals surface area contributed by atoms with Gasteiger partial charge in [-0.15, -0.1) is 0 Å². The first-order valence-corrected chi connectivity index (χ1v) is 7.93. The number of para-hydroxylation sites is 1. The number of carbonyl (C=O) groups is 2. The Morgan fingerprint density at radius 1 is 1.23 bits per heavy atom. The fourth-order valence-corrected chi connectivity index (χ4v) is 3.07. The second-order valence-corrected chi connectivity index (χ2v) is 5.88. The third-order valence-electron chi connectivity index (χ3n) is 4.25. The molecule has 0 spiro atoms. The van der Waals surface area contributed by atoms with Gasteiger partial charge in [0.05, 0.1) is 0 Å². The van der Waals surface area contributed by atoms with Crippen LogP contribution in [0.25, 0.3) is 10.9 Å². The number of halogens is 1. The van der Waals surface area contributed by atoms with E-state index < -0.39 is 11.7 Å². The maximum absolute atomic E-state index is 13.9. The standard InChI is InChI=1S/C18H14FN5O2/c19-12-6-2-5-11-14(12)23-18(20)24-15(11)17(26)22-8-10-4-1-3-9-7-21-16(25)13(9)10/h1-6H,7-8H2,(H,21,25)(H,22,26)(H2,20,23,24). The summed E-state index contributed by atoms with van der Waals surface area (Å²) >= 11 is 0. The minimum absolute atomic E-state index is 0.00914. The number of aromatic nitrogens is 2. The molecule has 1 aliphatic rings.